The molecule has 0 aromatic rings. The molecule has 0 amide bonds. The van der Waals surface area contributed by atoms with Gasteiger partial charge in [0, 0.05) is 19.7 Å². The van der Waals surface area contributed by atoms with Crippen molar-refractivity contribution in [3.8, 4) is 0 Å². The van der Waals surface area contributed by atoms with Gasteiger partial charge in [0.2, 0.25) is 10.0 Å². The fourth-order valence-electron chi connectivity index (χ4n) is 2.24. The predicted octanol–water partition coefficient (Wildman–Crippen LogP) is -0.0983. The van der Waals surface area contributed by atoms with Crippen LogP contribution in [0.4, 0.5) is 0 Å². The van der Waals surface area contributed by atoms with Gasteiger partial charge >= 0.3 is 5.97 Å². The summed E-state index contributed by atoms with van der Waals surface area (Å²) in [7, 11) is -3.26. The zero-order valence-corrected chi connectivity index (χ0v) is 10.4. The lowest BCUT2D eigenvalue weighted by Crippen LogP contribution is -2.52. The van der Waals surface area contributed by atoms with Gasteiger partial charge in [-0.15, -0.1) is 0 Å². The van der Waals surface area contributed by atoms with Gasteiger partial charge in [0.15, 0.2) is 0 Å². The van der Waals surface area contributed by atoms with E-state index in [9.17, 15) is 13.2 Å². The van der Waals surface area contributed by atoms with Crippen LogP contribution in [-0.4, -0.2) is 55.4 Å². The molecule has 17 heavy (non-hydrogen) atoms. The molecule has 0 saturated carbocycles. The number of carboxylic acids is 1. The van der Waals surface area contributed by atoms with Crippen LogP contribution in [0, 0.1) is 5.92 Å². The molecule has 1 unspecified atom stereocenters. The Labute approximate surface area is 101 Å². The molecule has 7 heteroatoms. The monoisotopic (exact) mass is 263 g/mol. The molecule has 6 nitrogen and oxygen atoms in total. The zero-order valence-electron chi connectivity index (χ0n) is 9.54. The number of hydrogen-bond donors (Lipinski definition) is 1. The minimum Gasteiger partial charge on any atom is -0.481 e. The summed E-state index contributed by atoms with van der Waals surface area (Å²) >= 11 is 0. The van der Waals surface area contributed by atoms with E-state index in [1.54, 1.807) is 0 Å². The summed E-state index contributed by atoms with van der Waals surface area (Å²) in [5.74, 6) is -0.870. The highest BCUT2D eigenvalue weighted by atomic mass is 32.2. The van der Waals surface area contributed by atoms with Crippen molar-refractivity contribution in [3.63, 3.8) is 0 Å². The van der Waals surface area contributed by atoms with E-state index in [0.29, 0.717) is 19.7 Å². The lowest BCUT2D eigenvalue weighted by Gasteiger charge is -2.37. The van der Waals surface area contributed by atoms with Crippen LogP contribution < -0.4 is 0 Å². The van der Waals surface area contributed by atoms with E-state index in [1.807, 2.05) is 0 Å². The number of aliphatic carboxylic acids is 1. The molecule has 2 heterocycles. The van der Waals surface area contributed by atoms with Crippen molar-refractivity contribution in [2.24, 2.45) is 5.92 Å². The number of hydrogen-bond acceptors (Lipinski definition) is 4. The van der Waals surface area contributed by atoms with E-state index in [-0.39, 0.29) is 24.2 Å². The molecule has 2 aliphatic heterocycles. The smallest absolute Gasteiger partial charge is 0.303 e. The van der Waals surface area contributed by atoms with Crippen molar-refractivity contribution >= 4 is 16.0 Å². The largest absolute Gasteiger partial charge is 0.481 e. The van der Waals surface area contributed by atoms with Gasteiger partial charge in [0.05, 0.1) is 18.3 Å². The van der Waals surface area contributed by atoms with Crippen LogP contribution in [0.1, 0.15) is 19.3 Å². The first kappa shape index (κ1) is 12.8. The quantitative estimate of drug-likeness (QED) is 0.749. The Balaban J connectivity index is 1.80. The Morgan fingerprint density at radius 1 is 1.41 bits per heavy atom. The molecule has 0 aromatic carbocycles. The van der Waals surface area contributed by atoms with Crippen molar-refractivity contribution in [1.82, 2.24) is 4.31 Å². The molecular weight excluding hydrogens is 246 g/mol. The van der Waals surface area contributed by atoms with Crippen LogP contribution in [0.25, 0.3) is 0 Å². The van der Waals surface area contributed by atoms with Gasteiger partial charge in [0.25, 0.3) is 0 Å². The summed E-state index contributed by atoms with van der Waals surface area (Å²) in [4.78, 5) is 10.4. The van der Waals surface area contributed by atoms with Crippen molar-refractivity contribution < 1.29 is 23.1 Å². The highest BCUT2D eigenvalue weighted by molar-refractivity contribution is 7.89. The van der Waals surface area contributed by atoms with Gasteiger partial charge in [-0.25, -0.2) is 12.7 Å². The van der Waals surface area contributed by atoms with E-state index in [4.69, 9.17) is 9.84 Å². The van der Waals surface area contributed by atoms with Crippen molar-refractivity contribution in [2.45, 2.75) is 25.4 Å². The second-order valence-electron chi connectivity index (χ2n) is 4.69. The number of nitrogens with zero attached hydrogens (tertiary/aromatic N) is 1. The molecule has 0 aromatic heterocycles. The Kier molecular flexibility index (Phi) is 3.70. The number of sulfonamides is 1. The second kappa shape index (κ2) is 4.91. The molecule has 0 radical (unpaired) electrons. The third-order valence-corrected chi connectivity index (χ3v) is 5.08. The van der Waals surface area contributed by atoms with Gasteiger partial charge in [0.1, 0.15) is 0 Å². The van der Waals surface area contributed by atoms with Crippen LogP contribution in [0.2, 0.25) is 0 Å². The van der Waals surface area contributed by atoms with Crippen molar-refractivity contribution in [2.75, 3.05) is 25.4 Å². The highest BCUT2D eigenvalue weighted by Crippen LogP contribution is 2.24. The van der Waals surface area contributed by atoms with Crippen LogP contribution >= 0.6 is 0 Å². The molecule has 98 valence electrons. The van der Waals surface area contributed by atoms with E-state index in [2.05, 4.69) is 0 Å². The van der Waals surface area contributed by atoms with Crippen molar-refractivity contribution in [3.05, 3.63) is 0 Å². The topological polar surface area (TPSA) is 83.9 Å². The van der Waals surface area contributed by atoms with Gasteiger partial charge in [-0.3, -0.25) is 4.79 Å². The van der Waals surface area contributed by atoms with Crippen LogP contribution in [0.5, 0.6) is 0 Å². The maximum atomic E-state index is 11.9. The average molecular weight is 263 g/mol. The van der Waals surface area contributed by atoms with E-state index in [1.165, 1.54) is 4.31 Å². The molecule has 1 atom stereocenters. The molecule has 1 N–H and O–H groups in total. The standard InChI is InChI=1S/C10H17NO5S/c12-10(13)4-8-5-11(6-8)17(14,15)7-9-2-1-3-16-9/h8-9H,1-7H2,(H,12,13). The summed E-state index contributed by atoms with van der Waals surface area (Å²) in [6, 6.07) is 0. The number of rotatable bonds is 5. The molecular formula is C10H17NO5S. The van der Waals surface area contributed by atoms with E-state index in [0.717, 1.165) is 12.8 Å². The maximum absolute atomic E-state index is 11.9. The highest BCUT2D eigenvalue weighted by Gasteiger charge is 2.38. The third kappa shape index (κ3) is 3.17. The lowest BCUT2D eigenvalue weighted by atomic mass is 10.00. The second-order valence-corrected chi connectivity index (χ2v) is 6.71. The molecule has 0 bridgehead atoms. The SMILES string of the molecule is O=C(O)CC1CN(S(=O)(=O)CC2CCCO2)C1. The minimum absolute atomic E-state index is 0.0345. The lowest BCUT2D eigenvalue weighted by molar-refractivity contribution is -0.139. The zero-order chi connectivity index (χ0) is 12.5. The first-order valence-corrected chi connectivity index (χ1v) is 7.39. The molecule has 2 aliphatic rings. The predicted molar refractivity (Wildman–Crippen MR) is 60.1 cm³/mol. The summed E-state index contributed by atoms with van der Waals surface area (Å²) in [5, 5.41) is 8.58. The summed E-state index contributed by atoms with van der Waals surface area (Å²) in [6.45, 7) is 1.31. The maximum Gasteiger partial charge on any atom is 0.303 e. The van der Waals surface area contributed by atoms with Crippen LogP contribution in [-0.2, 0) is 19.6 Å². The Bertz CT molecular complexity index is 382. The van der Waals surface area contributed by atoms with Crippen LogP contribution in [0.15, 0.2) is 0 Å². The summed E-state index contributed by atoms with van der Waals surface area (Å²) in [6.07, 6.45) is 1.58. The van der Waals surface area contributed by atoms with E-state index >= 15 is 0 Å². The number of ether oxygens (including phenoxy) is 1. The summed E-state index contributed by atoms with van der Waals surface area (Å²) < 4.78 is 30.5. The Morgan fingerprint density at radius 2 is 2.12 bits per heavy atom. The van der Waals surface area contributed by atoms with E-state index < -0.39 is 16.0 Å². The molecule has 2 fully saturated rings. The normalized spacial score (nSPS) is 26.9. The fourth-order valence-corrected chi connectivity index (χ4v) is 4.06. The average Bonchev–Trinajstić information content (AvgIpc) is 2.61. The van der Waals surface area contributed by atoms with Gasteiger partial charge < -0.3 is 9.84 Å². The number of carboxylic acid groups (broad SMARTS) is 1. The first-order chi connectivity index (χ1) is 7.97. The molecule has 2 saturated heterocycles. The third-order valence-electron chi connectivity index (χ3n) is 3.20. The Hall–Kier alpha value is -0.660. The van der Waals surface area contributed by atoms with Gasteiger partial charge in [-0.1, -0.05) is 0 Å². The van der Waals surface area contributed by atoms with Crippen molar-refractivity contribution in [1.29, 1.82) is 0 Å². The summed E-state index contributed by atoms with van der Waals surface area (Å²) in [5.41, 5.74) is 0. The minimum atomic E-state index is -3.26. The van der Waals surface area contributed by atoms with Gasteiger partial charge in [-0.05, 0) is 18.8 Å². The molecule has 0 spiro atoms. The molecule has 2 rings (SSSR count). The Morgan fingerprint density at radius 3 is 2.65 bits per heavy atom. The van der Waals surface area contributed by atoms with Crippen LogP contribution in [0.3, 0.4) is 0 Å². The molecule has 0 aliphatic carbocycles. The van der Waals surface area contributed by atoms with Gasteiger partial charge in [-0.2, -0.15) is 0 Å². The fraction of sp³-hybridized carbons (Fsp3) is 0.900. The first-order valence-electron chi connectivity index (χ1n) is 5.78. The number of carbonyl (C=O) groups is 1.